The van der Waals surface area contributed by atoms with Crippen molar-refractivity contribution in [2.75, 3.05) is 0 Å². The van der Waals surface area contributed by atoms with Gasteiger partial charge < -0.3 is 10.2 Å². The van der Waals surface area contributed by atoms with Gasteiger partial charge in [-0.05, 0) is 30.4 Å². The maximum Gasteiger partial charge on any atom is 0.306 e. The molecule has 2 rings (SSSR count). The van der Waals surface area contributed by atoms with Gasteiger partial charge in [0.05, 0.1) is 11.8 Å². The minimum Gasteiger partial charge on any atom is -0.481 e. The van der Waals surface area contributed by atoms with Crippen molar-refractivity contribution < 1.29 is 19.8 Å². The number of hydrogen-bond acceptors (Lipinski definition) is 2. The molecule has 4 nitrogen and oxygen atoms in total. The van der Waals surface area contributed by atoms with E-state index in [9.17, 15) is 19.8 Å². The number of aliphatic carboxylic acids is 2. The molecule has 23 heavy (non-hydrogen) atoms. The van der Waals surface area contributed by atoms with E-state index in [2.05, 4.69) is 0 Å². The van der Waals surface area contributed by atoms with Crippen molar-refractivity contribution in [1.82, 2.24) is 0 Å². The van der Waals surface area contributed by atoms with Crippen LogP contribution >= 0.6 is 0 Å². The van der Waals surface area contributed by atoms with Gasteiger partial charge in [0.25, 0.3) is 0 Å². The largest absolute Gasteiger partial charge is 0.481 e. The summed E-state index contributed by atoms with van der Waals surface area (Å²) in [5.74, 6) is -3.31. The fourth-order valence-corrected chi connectivity index (χ4v) is 2.68. The molecule has 1 unspecified atom stereocenters. The second-order valence-corrected chi connectivity index (χ2v) is 5.69. The quantitative estimate of drug-likeness (QED) is 0.784. The Morgan fingerprint density at radius 2 is 1.04 bits per heavy atom. The van der Waals surface area contributed by atoms with Crippen LogP contribution < -0.4 is 0 Å². The third-order valence-electron chi connectivity index (χ3n) is 3.92. The van der Waals surface area contributed by atoms with Gasteiger partial charge in [0.1, 0.15) is 0 Å². The standard InChI is InChI=1S/C19H20O4/c20-18(21)16(11-14-7-3-1-4-8-14)13-17(19(22)23)12-15-9-5-2-6-10-15/h1-10,16-17H,11-13H2,(H,20,21)(H,22,23)/t16-,17?/m0/s1. The molecule has 0 spiro atoms. The first-order valence-corrected chi connectivity index (χ1v) is 7.59. The molecular weight excluding hydrogens is 292 g/mol. The zero-order chi connectivity index (χ0) is 16.7. The molecule has 0 amide bonds. The van der Waals surface area contributed by atoms with Gasteiger partial charge in [-0.1, -0.05) is 60.7 Å². The molecule has 120 valence electrons. The predicted molar refractivity (Wildman–Crippen MR) is 87.2 cm³/mol. The summed E-state index contributed by atoms with van der Waals surface area (Å²) in [5.41, 5.74) is 1.81. The van der Waals surface area contributed by atoms with E-state index in [0.29, 0.717) is 12.8 Å². The van der Waals surface area contributed by atoms with E-state index < -0.39 is 23.8 Å². The first-order chi connectivity index (χ1) is 11.1. The monoisotopic (exact) mass is 312 g/mol. The molecule has 0 aromatic heterocycles. The average Bonchev–Trinajstić information content (AvgIpc) is 2.55. The van der Waals surface area contributed by atoms with Crippen molar-refractivity contribution in [3.63, 3.8) is 0 Å². The summed E-state index contributed by atoms with van der Waals surface area (Å²) in [5, 5.41) is 18.9. The van der Waals surface area contributed by atoms with Crippen LogP contribution in [0.2, 0.25) is 0 Å². The minimum absolute atomic E-state index is 0.119. The maximum atomic E-state index is 11.5. The first kappa shape index (κ1) is 16.7. The van der Waals surface area contributed by atoms with Gasteiger partial charge >= 0.3 is 11.9 Å². The average molecular weight is 312 g/mol. The number of carbonyl (C=O) groups is 2. The molecule has 4 heteroatoms. The highest BCUT2D eigenvalue weighted by molar-refractivity contribution is 5.74. The Morgan fingerprint density at radius 1 is 0.696 bits per heavy atom. The zero-order valence-electron chi connectivity index (χ0n) is 12.8. The Balaban J connectivity index is 2.08. The Morgan fingerprint density at radius 3 is 1.35 bits per heavy atom. The summed E-state index contributed by atoms with van der Waals surface area (Å²) in [6.07, 6.45) is 0.804. The lowest BCUT2D eigenvalue weighted by Gasteiger charge is -2.18. The molecule has 2 aromatic rings. The van der Waals surface area contributed by atoms with Crippen LogP contribution in [0.1, 0.15) is 17.5 Å². The van der Waals surface area contributed by atoms with E-state index in [1.807, 2.05) is 60.7 Å². The number of carboxylic acids is 2. The number of hydrogen-bond donors (Lipinski definition) is 2. The smallest absolute Gasteiger partial charge is 0.306 e. The minimum atomic E-state index is -0.951. The van der Waals surface area contributed by atoms with Gasteiger partial charge in [0.2, 0.25) is 0 Å². The van der Waals surface area contributed by atoms with Crippen LogP contribution in [0.25, 0.3) is 0 Å². The second kappa shape index (κ2) is 8.13. The van der Waals surface area contributed by atoms with Crippen LogP contribution in [0.3, 0.4) is 0 Å². The summed E-state index contributed by atoms with van der Waals surface area (Å²) in [7, 11) is 0. The Bertz CT molecular complexity index is 579. The van der Waals surface area contributed by atoms with Gasteiger partial charge in [-0.15, -0.1) is 0 Å². The van der Waals surface area contributed by atoms with Gasteiger partial charge in [0, 0.05) is 0 Å². The maximum absolute atomic E-state index is 11.5. The normalized spacial score (nSPS) is 13.2. The highest BCUT2D eigenvalue weighted by atomic mass is 16.4. The molecule has 0 aliphatic rings. The third-order valence-corrected chi connectivity index (χ3v) is 3.92. The van der Waals surface area contributed by atoms with Gasteiger partial charge in [-0.25, -0.2) is 0 Å². The lowest BCUT2D eigenvalue weighted by Crippen LogP contribution is -2.26. The molecule has 2 atom stereocenters. The van der Waals surface area contributed by atoms with Crippen LogP contribution in [-0.4, -0.2) is 22.2 Å². The molecule has 0 aliphatic carbocycles. The molecule has 0 bridgehead atoms. The van der Waals surface area contributed by atoms with Crippen LogP contribution in [0.15, 0.2) is 60.7 Å². The summed E-state index contributed by atoms with van der Waals surface area (Å²) < 4.78 is 0. The Kier molecular flexibility index (Phi) is 5.92. The van der Waals surface area contributed by atoms with Gasteiger partial charge in [0.15, 0.2) is 0 Å². The molecule has 0 fully saturated rings. The Labute approximate surface area is 135 Å². The summed E-state index contributed by atoms with van der Waals surface area (Å²) >= 11 is 0. The number of benzene rings is 2. The van der Waals surface area contributed by atoms with Crippen molar-refractivity contribution in [2.45, 2.75) is 19.3 Å². The lowest BCUT2D eigenvalue weighted by atomic mass is 9.86. The highest BCUT2D eigenvalue weighted by Crippen LogP contribution is 2.22. The molecular formula is C19H20O4. The lowest BCUT2D eigenvalue weighted by molar-refractivity contribution is -0.145. The van der Waals surface area contributed by atoms with Crippen molar-refractivity contribution in [3.8, 4) is 0 Å². The van der Waals surface area contributed by atoms with Crippen LogP contribution in [0.5, 0.6) is 0 Å². The molecule has 0 aliphatic heterocycles. The highest BCUT2D eigenvalue weighted by Gasteiger charge is 2.27. The van der Waals surface area contributed by atoms with E-state index in [1.165, 1.54) is 0 Å². The van der Waals surface area contributed by atoms with Gasteiger partial charge in [-0.3, -0.25) is 9.59 Å². The zero-order valence-corrected chi connectivity index (χ0v) is 12.8. The summed E-state index contributed by atoms with van der Waals surface area (Å²) in [6, 6.07) is 18.6. The third kappa shape index (κ3) is 5.25. The van der Waals surface area contributed by atoms with E-state index in [0.717, 1.165) is 11.1 Å². The summed E-state index contributed by atoms with van der Waals surface area (Å²) in [6.45, 7) is 0. The fourth-order valence-electron chi connectivity index (χ4n) is 2.68. The molecule has 0 radical (unpaired) electrons. The molecule has 2 aromatic carbocycles. The van der Waals surface area contributed by atoms with Gasteiger partial charge in [-0.2, -0.15) is 0 Å². The topological polar surface area (TPSA) is 74.6 Å². The SMILES string of the molecule is O=C(O)C(Cc1ccccc1)C[C@H](Cc1ccccc1)C(=O)O. The second-order valence-electron chi connectivity index (χ2n) is 5.69. The number of rotatable bonds is 8. The van der Waals surface area contributed by atoms with Crippen molar-refractivity contribution in [1.29, 1.82) is 0 Å². The fraction of sp³-hybridized carbons (Fsp3) is 0.263. The van der Waals surface area contributed by atoms with Crippen LogP contribution in [-0.2, 0) is 22.4 Å². The van der Waals surface area contributed by atoms with E-state index in [1.54, 1.807) is 0 Å². The number of carboxylic acid groups (broad SMARTS) is 2. The van der Waals surface area contributed by atoms with E-state index in [-0.39, 0.29) is 6.42 Å². The van der Waals surface area contributed by atoms with Crippen molar-refractivity contribution >= 4 is 11.9 Å². The van der Waals surface area contributed by atoms with Crippen LogP contribution in [0.4, 0.5) is 0 Å². The van der Waals surface area contributed by atoms with E-state index in [4.69, 9.17) is 0 Å². The Hall–Kier alpha value is -2.62. The first-order valence-electron chi connectivity index (χ1n) is 7.59. The van der Waals surface area contributed by atoms with E-state index >= 15 is 0 Å². The predicted octanol–water partition coefficient (Wildman–Crippen LogP) is 3.26. The molecule has 0 saturated heterocycles. The summed E-state index contributed by atoms with van der Waals surface area (Å²) in [4.78, 5) is 23.0. The molecule has 0 heterocycles. The van der Waals surface area contributed by atoms with Crippen molar-refractivity contribution in [2.24, 2.45) is 11.8 Å². The molecule has 2 N–H and O–H groups in total. The van der Waals surface area contributed by atoms with Crippen molar-refractivity contribution in [3.05, 3.63) is 71.8 Å². The molecule has 0 saturated carbocycles. The van der Waals surface area contributed by atoms with Crippen LogP contribution in [0, 0.1) is 11.8 Å².